The number of aryl methyl sites for hydroxylation is 2. The van der Waals surface area contributed by atoms with Crippen LogP contribution in [0.2, 0.25) is 5.02 Å². The number of ether oxygens (including phenoxy) is 9. The molecule has 19 nitrogen and oxygen atoms in total. The predicted molar refractivity (Wildman–Crippen MR) is 239 cm³/mol. The number of hydrogen-bond acceptors (Lipinski definition) is 16. The summed E-state index contributed by atoms with van der Waals surface area (Å²) in [6.07, 6.45) is 2.10. The van der Waals surface area contributed by atoms with E-state index in [0.717, 1.165) is 33.2 Å². The number of halogens is 1. The van der Waals surface area contributed by atoms with Crippen molar-refractivity contribution < 1.29 is 57.3 Å². The van der Waals surface area contributed by atoms with Crippen LogP contribution in [0.3, 0.4) is 0 Å². The van der Waals surface area contributed by atoms with E-state index in [4.69, 9.17) is 64.3 Å². The summed E-state index contributed by atoms with van der Waals surface area (Å²) in [5.41, 5.74) is 4.28. The van der Waals surface area contributed by atoms with Gasteiger partial charge in [-0.15, -0.1) is 21.5 Å². The van der Waals surface area contributed by atoms with Crippen LogP contribution < -0.4 is 15.4 Å². The molecule has 350 valence electrons. The van der Waals surface area contributed by atoms with Gasteiger partial charge in [-0.3, -0.25) is 19.3 Å². The van der Waals surface area contributed by atoms with E-state index in [0.29, 0.717) is 128 Å². The number of aliphatic imine (C=N–C) groups is 1. The standard InChI is InChI=1S/C43H58ClN7O12S/c1-30-31(2)64-42-39(30)40(33-4-6-34(44)7-5-33)48-37(41-50-49-32(3)51(41)42)27-38(52)47-35-26-36(29-45-28-35)63-25-24-62-23-22-61-21-20-60-19-18-59-17-16-58-15-14-57-13-12-56-11-10-55-9-8-46-43(53)54/h4-7,26,28-29,37,46H,8-25,27H2,1-3H3,(H,47,52)(H,53,54)/t37-/m0/s1. The Hall–Kier alpha value is -4.61. The van der Waals surface area contributed by atoms with E-state index in [9.17, 15) is 9.59 Å². The summed E-state index contributed by atoms with van der Waals surface area (Å²) in [6, 6.07) is 8.67. The van der Waals surface area contributed by atoms with Gasteiger partial charge in [-0.2, -0.15) is 0 Å². The Labute approximate surface area is 381 Å². The van der Waals surface area contributed by atoms with Gasteiger partial charge >= 0.3 is 6.09 Å². The number of thiophene rings is 1. The van der Waals surface area contributed by atoms with Gasteiger partial charge in [-0.25, -0.2) is 4.79 Å². The highest BCUT2D eigenvalue weighted by atomic mass is 35.5. The molecule has 1 aliphatic heterocycles. The molecule has 5 rings (SSSR count). The Morgan fingerprint density at radius 1 is 0.734 bits per heavy atom. The molecule has 0 radical (unpaired) electrons. The number of carboxylic acid groups (broad SMARTS) is 1. The molecule has 0 unspecified atom stereocenters. The maximum atomic E-state index is 13.5. The number of pyridine rings is 1. The van der Waals surface area contributed by atoms with Crippen LogP contribution in [0.4, 0.5) is 10.5 Å². The van der Waals surface area contributed by atoms with Crippen LogP contribution in [0, 0.1) is 20.8 Å². The molecular weight excluding hydrogens is 874 g/mol. The minimum Gasteiger partial charge on any atom is -0.489 e. The molecule has 1 aliphatic rings. The number of rotatable bonds is 32. The van der Waals surface area contributed by atoms with Crippen molar-refractivity contribution in [2.24, 2.45) is 4.99 Å². The highest BCUT2D eigenvalue weighted by Crippen LogP contribution is 2.39. The van der Waals surface area contributed by atoms with Crippen LogP contribution in [0.25, 0.3) is 5.00 Å². The summed E-state index contributed by atoms with van der Waals surface area (Å²) in [5.74, 6) is 1.54. The lowest BCUT2D eigenvalue weighted by Crippen LogP contribution is -2.25. The molecule has 21 heteroatoms. The summed E-state index contributed by atoms with van der Waals surface area (Å²) in [5, 5.41) is 24.1. The average molecular weight is 932 g/mol. The first kappa shape index (κ1) is 50.4. The number of carbonyl (C=O) groups excluding carboxylic acids is 1. The monoisotopic (exact) mass is 931 g/mol. The number of amides is 2. The van der Waals surface area contributed by atoms with Gasteiger partial charge in [0.05, 0.1) is 136 Å². The minimum atomic E-state index is -1.07. The lowest BCUT2D eigenvalue weighted by atomic mass is 9.99. The van der Waals surface area contributed by atoms with Gasteiger partial charge in [-0.05, 0) is 38.5 Å². The molecular formula is C43H58ClN7O12S. The van der Waals surface area contributed by atoms with E-state index >= 15 is 0 Å². The molecule has 4 aromatic rings. The smallest absolute Gasteiger partial charge is 0.404 e. The molecule has 64 heavy (non-hydrogen) atoms. The first-order chi connectivity index (χ1) is 31.2. The van der Waals surface area contributed by atoms with Crippen molar-refractivity contribution in [3.8, 4) is 10.8 Å². The van der Waals surface area contributed by atoms with Gasteiger partial charge in [0.15, 0.2) is 5.82 Å². The Morgan fingerprint density at radius 2 is 1.27 bits per heavy atom. The quantitative estimate of drug-likeness (QED) is 0.0549. The molecule has 0 spiro atoms. The Balaban J connectivity index is 0.873. The summed E-state index contributed by atoms with van der Waals surface area (Å²) >= 11 is 7.89. The van der Waals surface area contributed by atoms with Gasteiger partial charge in [-0.1, -0.05) is 23.7 Å². The molecule has 4 heterocycles. The summed E-state index contributed by atoms with van der Waals surface area (Å²) < 4.78 is 51.6. The Kier molecular flexibility index (Phi) is 22.3. The van der Waals surface area contributed by atoms with Gasteiger partial charge in [0.2, 0.25) is 5.91 Å². The number of aromatic nitrogens is 4. The molecule has 1 atom stereocenters. The van der Waals surface area contributed by atoms with Gasteiger partial charge in [0, 0.05) is 33.6 Å². The second kappa shape index (κ2) is 28.3. The topological polar surface area (TPSA) is 217 Å². The number of fused-ring (bicyclic) bond motifs is 3. The molecule has 0 fully saturated rings. The Bertz CT molecular complexity index is 2050. The van der Waals surface area contributed by atoms with Crippen molar-refractivity contribution in [1.82, 2.24) is 25.1 Å². The minimum absolute atomic E-state index is 0.0247. The normalized spacial score (nSPS) is 13.2. The maximum Gasteiger partial charge on any atom is 0.404 e. The Morgan fingerprint density at radius 3 is 1.81 bits per heavy atom. The molecule has 0 saturated carbocycles. The van der Waals surface area contributed by atoms with Crippen LogP contribution in [0.5, 0.6) is 5.75 Å². The molecule has 1 aromatic carbocycles. The fraction of sp³-hybridized carbons (Fsp3) is 0.535. The third kappa shape index (κ3) is 17.1. The summed E-state index contributed by atoms with van der Waals surface area (Å²) in [6.45, 7) is 13.4. The van der Waals surface area contributed by atoms with E-state index < -0.39 is 12.1 Å². The fourth-order valence-electron chi connectivity index (χ4n) is 6.18. The van der Waals surface area contributed by atoms with E-state index in [2.05, 4.69) is 39.7 Å². The van der Waals surface area contributed by atoms with Gasteiger partial charge in [0.1, 0.15) is 29.2 Å². The molecule has 0 bridgehead atoms. The number of benzene rings is 1. The van der Waals surface area contributed by atoms with Crippen LogP contribution in [-0.4, -0.2) is 161 Å². The largest absolute Gasteiger partial charge is 0.489 e. The lowest BCUT2D eigenvalue weighted by molar-refractivity contribution is -0.116. The van der Waals surface area contributed by atoms with Crippen molar-refractivity contribution in [1.29, 1.82) is 0 Å². The zero-order valence-corrected chi connectivity index (χ0v) is 38.1. The second-order valence-electron chi connectivity index (χ2n) is 14.0. The van der Waals surface area contributed by atoms with Crippen LogP contribution >= 0.6 is 22.9 Å². The summed E-state index contributed by atoms with van der Waals surface area (Å²) in [4.78, 5) is 34.5. The number of carbonyl (C=O) groups is 2. The van der Waals surface area contributed by atoms with Crippen molar-refractivity contribution in [3.05, 3.63) is 81.0 Å². The first-order valence-corrected chi connectivity index (χ1v) is 22.2. The SMILES string of the molecule is Cc1sc2c(c1C)C(c1ccc(Cl)cc1)=N[C@@H](CC(=O)Nc1cncc(OCCOCCOCCOCCOCCOCCOCCOCCOCCNC(=O)O)c1)c1nnc(C)n1-2. The zero-order valence-electron chi connectivity index (χ0n) is 36.5. The lowest BCUT2D eigenvalue weighted by Gasteiger charge is -2.13. The summed E-state index contributed by atoms with van der Waals surface area (Å²) in [7, 11) is 0. The predicted octanol–water partition coefficient (Wildman–Crippen LogP) is 5.00. The molecule has 2 amide bonds. The van der Waals surface area contributed by atoms with Crippen LogP contribution in [0.1, 0.15) is 45.7 Å². The first-order valence-electron chi connectivity index (χ1n) is 21.0. The average Bonchev–Trinajstić information content (AvgIpc) is 3.76. The number of hydrogen-bond donors (Lipinski definition) is 3. The van der Waals surface area contributed by atoms with Gasteiger partial charge < -0.3 is 58.4 Å². The third-order valence-corrected chi connectivity index (χ3v) is 10.8. The van der Waals surface area contributed by atoms with Crippen LogP contribution in [-0.2, 0) is 42.7 Å². The molecule has 3 N–H and O–H groups in total. The number of nitrogens with zero attached hydrogens (tertiary/aromatic N) is 5. The zero-order chi connectivity index (χ0) is 45.4. The fourth-order valence-corrected chi connectivity index (χ4v) is 7.52. The second-order valence-corrected chi connectivity index (χ2v) is 15.7. The van der Waals surface area contributed by atoms with E-state index in [1.165, 1.54) is 4.88 Å². The molecule has 0 aliphatic carbocycles. The maximum absolute atomic E-state index is 13.5. The van der Waals surface area contributed by atoms with E-state index in [-0.39, 0.29) is 25.5 Å². The highest BCUT2D eigenvalue weighted by Gasteiger charge is 2.32. The molecule has 0 saturated heterocycles. The molecule has 3 aromatic heterocycles. The van der Waals surface area contributed by atoms with Gasteiger partial charge in [0.25, 0.3) is 0 Å². The van der Waals surface area contributed by atoms with E-state index in [1.807, 2.05) is 35.8 Å². The highest BCUT2D eigenvalue weighted by molar-refractivity contribution is 7.15. The van der Waals surface area contributed by atoms with Crippen molar-refractivity contribution in [3.63, 3.8) is 0 Å². The van der Waals surface area contributed by atoms with E-state index in [1.54, 1.807) is 29.8 Å². The number of anilines is 1. The van der Waals surface area contributed by atoms with Crippen molar-refractivity contribution in [2.45, 2.75) is 33.2 Å². The van der Waals surface area contributed by atoms with Crippen molar-refractivity contribution in [2.75, 3.05) is 124 Å². The number of nitrogens with one attached hydrogen (secondary N) is 2. The van der Waals surface area contributed by atoms with Crippen molar-refractivity contribution >= 4 is 46.3 Å². The van der Waals surface area contributed by atoms with Crippen LogP contribution in [0.15, 0.2) is 47.7 Å². The third-order valence-electron chi connectivity index (χ3n) is 9.36.